The fraction of sp³-hybridized carbons (Fsp3) is 0.316. The van der Waals surface area contributed by atoms with Gasteiger partial charge in [-0.25, -0.2) is 13.1 Å². The first-order valence-corrected chi connectivity index (χ1v) is 9.78. The molecule has 0 radical (unpaired) electrons. The van der Waals surface area contributed by atoms with Crippen molar-refractivity contribution in [3.63, 3.8) is 0 Å². The highest BCUT2D eigenvalue weighted by Crippen LogP contribution is 2.20. The Kier molecular flexibility index (Phi) is 5.19. The van der Waals surface area contributed by atoms with Gasteiger partial charge in [-0.2, -0.15) is 5.26 Å². The van der Waals surface area contributed by atoms with Gasteiger partial charge in [0.2, 0.25) is 10.0 Å². The van der Waals surface area contributed by atoms with E-state index in [1.165, 1.54) is 23.3 Å². The predicted molar refractivity (Wildman–Crippen MR) is 96.4 cm³/mol. The summed E-state index contributed by atoms with van der Waals surface area (Å²) in [5, 5.41) is 8.92. The second kappa shape index (κ2) is 7.36. The number of fused-ring (bicyclic) bond motifs is 1. The molecule has 2 aromatic rings. The zero-order valence-electron chi connectivity index (χ0n) is 14.1. The van der Waals surface area contributed by atoms with Gasteiger partial charge in [0.25, 0.3) is 0 Å². The first-order chi connectivity index (χ1) is 12.0. The van der Waals surface area contributed by atoms with Crippen LogP contribution in [0, 0.1) is 11.3 Å². The van der Waals surface area contributed by atoms with Crippen LogP contribution in [0.4, 0.5) is 0 Å². The Labute approximate surface area is 149 Å². The molecular weight excluding hydrogens is 334 g/mol. The minimum atomic E-state index is -3.61. The van der Waals surface area contributed by atoms with Gasteiger partial charge in [-0.15, -0.1) is 0 Å². The van der Waals surface area contributed by atoms with E-state index in [0.29, 0.717) is 12.1 Å². The lowest BCUT2D eigenvalue weighted by Gasteiger charge is -2.33. The SMILES string of the molecule is CC(CNS(=O)(=O)c1cccc(C#N)c1)N1CCc2ccccc2C1. The Balaban J connectivity index is 1.64. The topological polar surface area (TPSA) is 73.2 Å². The van der Waals surface area contributed by atoms with Gasteiger partial charge in [-0.3, -0.25) is 4.90 Å². The van der Waals surface area contributed by atoms with Gasteiger partial charge in [0.05, 0.1) is 16.5 Å². The van der Waals surface area contributed by atoms with Crippen LogP contribution in [0.2, 0.25) is 0 Å². The van der Waals surface area contributed by atoms with Gasteiger partial charge in [-0.05, 0) is 42.7 Å². The van der Waals surface area contributed by atoms with Crippen LogP contribution in [0.25, 0.3) is 0 Å². The zero-order chi connectivity index (χ0) is 17.9. The summed E-state index contributed by atoms with van der Waals surface area (Å²) in [6, 6.07) is 16.5. The molecule has 1 heterocycles. The van der Waals surface area contributed by atoms with E-state index < -0.39 is 10.0 Å². The van der Waals surface area contributed by atoms with Gasteiger partial charge in [0.15, 0.2) is 0 Å². The minimum Gasteiger partial charge on any atom is -0.295 e. The van der Waals surface area contributed by atoms with E-state index in [1.54, 1.807) is 12.1 Å². The van der Waals surface area contributed by atoms with Crippen LogP contribution in [0.15, 0.2) is 53.4 Å². The number of benzene rings is 2. The summed E-state index contributed by atoms with van der Waals surface area (Å²) in [7, 11) is -3.61. The molecule has 2 aromatic carbocycles. The molecule has 0 amide bonds. The Morgan fingerprint density at radius 3 is 2.72 bits per heavy atom. The van der Waals surface area contributed by atoms with Crippen molar-refractivity contribution in [2.24, 2.45) is 0 Å². The first kappa shape index (κ1) is 17.6. The molecule has 0 bridgehead atoms. The van der Waals surface area contributed by atoms with Crippen molar-refractivity contribution in [3.8, 4) is 6.07 Å². The second-order valence-electron chi connectivity index (χ2n) is 6.33. The second-order valence-corrected chi connectivity index (χ2v) is 8.10. The van der Waals surface area contributed by atoms with Crippen LogP contribution in [0.1, 0.15) is 23.6 Å². The van der Waals surface area contributed by atoms with E-state index in [9.17, 15) is 8.42 Å². The third kappa shape index (κ3) is 4.07. The van der Waals surface area contributed by atoms with E-state index >= 15 is 0 Å². The summed E-state index contributed by atoms with van der Waals surface area (Å²) in [5.74, 6) is 0. The lowest BCUT2D eigenvalue weighted by Crippen LogP contribution is -2.44. The van der Waals surface area contributed by atoms with Crippen molar-refractivity contribution in [2.45, 2.75) is 30.8 Å². The highest BCUT2D eigenvalue weighted by molar-refractivity contribution is 7.89. The molecule has 6 heteroatoms. The van der Waals surface area contributed by atoms with Crippen molar-refractivity contribution in [1.82, 2.24) is 9.62 Å². The van der Waals surface area contributed by atoms with E-state index in [1.807, 2.05) is 19.1 Å². The maximum Gasteiger partial charge on any atom is 0.240 e. The first-order valence-electron chi connectivity index (χ1n) is 8.30. The van der Waals surface area contributed by atoms with Crippen LogP contribution >= 0.6 is 0 Å². The van der Waals surface area contributed by atoms with Crippen molar-refractivity contribution < 1.29 is 8.42 Å². The minimum absolute atomic E-state index is 0.0854. The highest BCUT2D eigenvalue weighted by Gasteiger charge is 2.22. The number of hydrogen-bond donors (Lipinski definition) is 1. The number of hydrogen-bond acceptors (Lipinski definition) is 4. The van der Waals surface area contributed by atoms with Crippen LogP contribution in [0.3, 0.4) is 0 Å². The quantitative estimate of drug-likeness (QED) is 0.893. The van der Waals surface area contributed by atoms with Crippen LogP contribution in [-0.2, 0) is 23.0 Å². The van der Waals surface area contributed by atoms with Crippen molar-refractivity contribution in [3.05, 3.63) is 65.2 Å². The largest absolute Gasteiger partial charge is 0.295 e. The molecule has 1 unspecified atom stereocenters. The average molecular weight is 355 g/mol. The van der Waals surface area contributed by atoms with E-state index in [0.717, 1.165) is 19.5 Å². The molecule has 0 aliphatic carbocycles. The standard InChI is InChI=1S/C19H21N3O2S/c1-15(22-10-9-17-6-2-3-7-18(17)14-22)13-21-25(23,24)19-8-4-5-16(11-19)12-20/h2-8,11,15,21H,9-10,13-14H2,1H3. The molecule has 130 valence electrons. The zero-order valence-corrected chi connectivity index (χ0v) is 15.0. The van der Waals surface area contributed by atoms with Crippen LogP contribution < -0.4 is 4.72 Å². The molecule has 1 N–H and O–H groups in total. The Hall–Kier alpha value is -2.20. The highest BCUT2D eigenvalue weighted by atomic mass is 32.2. The molecule has 25 heavy (non-hydrogen) atoms. The van der Waals surface area contributed by atoms with Crippen molar-refractivity contribution >= 4 is 10.0 Å². The van der Waals surface area contributed by atoms with E-state index in [4.69, 9.17) is 5.26 Å². The lowest BCUT2D eigenvalue weighted by molar-refractivity contribution is 0.192. The van der Waals surface area contributed by atoms with E-state index in [-0.39, 0.29) is 10.9 Å². The summed E-state index contributed by atoms with van der Waals surface area (Å²) in [6.45, 7) is 4.12. The molecule has 0 aromatic heterocycles. The van der Waals surface area contributed by atoms with Gasteiger partial charge in [0.1, 0.15) is 0 Å². The summed E-state index contributed by atoms with van der Waals surface area (Å²) < 4.78 is 27.6. The van der Waals surface area contributed by atoms with Crippen molar-refractivity contribution in [2.75, 3.05) is 13.1 Å². The molecule has 1 aliphatic rings. The molecule has 3 rings (SSSR count). The number of nitriles is 1. The maximum absolute atomic E-state index is 12.4. The van der Waals surface area contributed by atoms with Gasteiger partial charge in [-0.1, -0.05) is 30.3 Å². The molecular formula is C19H21N3O2S. The summed E-state index contributed by atoms with van der Waals surface area (Å²) in [6.07, 6.45) is 0.984. The van der Waals surface area contributed by atoms with Gasteiger partial charge >= 0.3 is 0 Å². The van der Waals surface area contributed by atoms with Gasteiger partial charge < -0.3 is 0 Å². The smallest absolute Gasteiger partial charge is 0.240 e. The lowest BCUT2D eigenvalue weighted by atomic mass is 9.99. The fourth-order valence-electron chi connectivity index (χ4n) is 3.07. The summed E-state index contributed by atoms with van der Waals surface area (Å²) >= 11 is 0. The number of nitrogens with zero attached hydrogens (tertiary/aromatic N) is 2. The number of sulfonamides is 1. The Bertz CT molecular complexity index is 903. The van der Waals surface area contributed by atoms with Gasteiger partial charge in [0, 0.05) is 25.7 Å². The number of rotatable bonds is 5. The molecule has 0 spiro atoms. The van der Waals surface area contributed by atoms with E-state index in [2.05, 4.69) is 27.8 Å². The third-order valence-corrected chi connectivity index (χ3v) is 6.05. The maximum atomic E-state index is 12.4. The normalized spacial score (nSPS) is 16.0. The Morgan fingerprint density at radius 2 is 1.96 bits per heavy atom. The van der Waals surface area contributed by atoms with Crippen molar-refractivity contribution in [1.29, 1.82) is 5.26 Å². The summed E-state index contributed by atoms with van der Waals surface area (Å²) in [4.78, 5) is 2.42. The molecule has 1 aliphatic heterocycles. The van der Waals surface area contributed by atoms with Crippen LogP contribution in [-0.4, -0.2) is 32.4 Å². The van der Waals surface area contributed by atoms with Crippen LogP contribution in [0.5, 0.6) is 0 Å². The molecule has 0 saturated carbocycles. The summed E-state index contributed by atoms with van der Waals surface area (Å²) in [5.41, 5.74) is 3.02. The third-order valence-electron chi connectivity index (χ3n) is 4.63. The average Bonchev–Trinajstić information content (AvgIpc) is 2.65. The molecule has 1 atom stereocenters. The molecule has 0 fully saturated rings. The fourth-order valence-corrected chi connectivity index (χ4v) is 4.24. The molecule has 0 saturated heterocycles. The monoisotopic (exact) mass is 355 g/mol. The Morgan fingerprint density at radius 1 is 1.20 bits per heavy atom. The predicted octanol–water partition coefficient (Wildman–Crippen LogP) is 2.28. The number of nitrogens with one attached hydrogen (secondary N) is 1. The molecule has 5 nitrogen and oxygen atoms in total.